The third-order valence-corrected chi connectivity index (χ3v) is 5.79. The molecule has 0 amide bonds. The molecule has 0 radical (unpaired) electrons. The Morgan fingerprint density at radius 1 is 1.09 bits per heavy atom. The zero-order chi connectivity index (χ0) is 22.1. The van der Waals surface area contributed by atoms with Crippen LogP contribution in [0.2, 0.25) is 0 Å². The minimum absolute atomic E-state index is 0.187. The van der Waals surface area contributed by atoms with E-state index in [4.69, 9.17) is 4.52 Å². The van der Waals surface area contributed by atoms with Crippen LogP contribution < -0.4 is 4.90 Å². The molecule has 0 spiro atoms. The second kappa shape index (κ2) is 8.49. The topological polar surface area (TPSA) is 72.9 Å². The molecule has 0 aliphatic carbocycles. The molecule has 4 heterocycles. The summed E-state index contributed by atoms with van der Waals surface area (Å²) in [6, 6.07) is 10.2. The van der Waals surface area contributed by atoms with Crippen LogP contribution in [0.5, 0.6) is 0 Å². The van der Waals surface area contributed by atoms with Crippen LogP contribution in [0.25, 0.3) is 22.9 Å². The van der Waals surface area contributed by atoms with Crippen molar-refractivity contribution < 1.29 is 13.3 Å². The van der Waals surface area contributed by atoms with Gasteiger partial charge in [-0.25, -0.2) is 18.7 Å². The van der Waals surface area contributed by atoms with Gasteiger partial charge in [0, 0.05) is 24.2 Å². The molecule has 7 nitrogen and oxygen atoms in total. The van der Waals surface area contributed by atoms with Crippen molar-refractivity contribution in [3.05, 3.63) is 66.1 Å². The fraction of sp³-hybridized carbons (Fsp3) is 0.304. The lowest BCUT2D eigenvalue weighted by Gasteiger charge is -2.34. The van der Waals surface area contributed by atoms with Crippen LogP contribution in [-0.2, 0) is 6.54 Å². The van der Waals surface area contributed by atoms with E-state index in [1.54, 1.807) is 35.0 Å². The van der Waals surface area contributed by atoms with Gasteiger partial charge in [0.2, 0.25) is 0 Å². The SMILES string of the molecule is C[C@@H]1CCCCN1c1nc(-c2cc(-c3ccon3)n(Cc3ccccc3F)n2)ncc1F. The van der Waals surface area contributed by atoms with Gasteiger partial charge in [0.15, 0.2) is 17.5 Å². The molecule has 1 aromatic carbocycles. The van der Waals surface area contributed by atoms with E-state index in [0.717, 1.165) is 25.8 Å². The van der Waals surface area contributed by atoms with Crippen molar-refractivity contribution in [2.45, 2.75) is 38.8 Å². The molecule has 1 atom stereocenters. The van der Waals surface area contributed by atoms with Crippen molar-refractivity contribution >= 4 is 5.82 Å². The van der Waals surface area contributed by atoms with E-state index in [2.05, 4.69) is 27.1 Å². The molecule has 0 bridgehead atoms. The van der Waals surface area contributed by atoms with Crippen molar-refractivity contribution in [2.24, 2.45) is 0 Å². The summed E-state index contributed by atoms with van der Waals surface area (Å²) in [5, 5.41) is 8.60. The first-order valence-electron chi connectivity index (χ1n) is 10.6. The third kappa shape index (κ3) is 3.86. The van der Waals surface area contributed by atoms with Crippen LogP contribution in [0, 0.1) is 11.6 Å². The summed E-state index contributed by atoms with van der Waals surface area (Å²) in [4.78, 5) is 10.7. The van der Waals surface area contributed by atoms with Crippen LogP contribution in [-0.4, -0.2) is 37.5 Å². The van der Waals surface area contributed by atoms with E-state index < -0.39 is 5.82 Å². The van der Waals surface area contributed by atoms with Gasteiger partial charge in [-0.15, -0.1) is 0 Å². The normalized spacial score (nSPS) is 16.5. The van der Waals surface area contributed by atoms with Crippen LogP contribution in [0.3, 0.4) is 0 Å². The van der Waals surface area contributed by atoms with Crippen molar-refractivity contribution in [3.8, 4) is 22.9 Å². The first-order chi connectivity index (χ1) is 15.6. The van der Waals surface area contributed by atoms with Crippen LogP contribution >= 0.6 is 0 Å². The number of benzene rings is 1. The smallest absolute Gasteiger partial charge is 0.183 e. The summed E-state index contributed by atoms with van der Waals surface area (Å²) in [5.74, 6) is -0.190. The summed E-state index contributed by atoms with van der Waals surface area (Å²) >= 11 is 0. The second-order valence-corrected chi connectivity index (χ2v) is 7.95. The average molecular weight is 436 g/mol. The van der Waals surface area contributed by atoms with Gasteiger partial charge in [0.25, 0.3) is 0 Å². The van der Waals surface area contributed by atoms with Crippen LogP contribution in [0.15, 0.2) is 53.4 Å². The first kappa shape index (κ1) is 20.3. The maximum atomic E-state index is 14.6. The highest BCUT2D eigenvalue weighted by Gasteiger charge is 2.24. The Balaban J connectivity index is 1.56. The number of piperidine rings is 1. The number of aromatic nitrogens is 5. The molecule has 164 valence electrons. The predicted molar refractivity (Wildman–Crippen MR) is 115 cm³/mol. The first-order valence-corrected chi connectivity index (χ1v) is 10.6. The summed E-state index contributed by atoms with van der Waals surface area (Å²) in [5.41, 5.74) is 2.10. The summed E-state index contributed by atoms with van der Waals surface area (Å²) in [7, 11) is 0. The van der Waals surface area contributed by atoms with Crippen molar-refractivity contribution in [3.63, 3.8) is 0 Å². The maximum absolute atomic E-state index is 14.6. The Morgan fingerprint density at radius 3 is 2.75 bits per heavy atom. The number of nitrogens with zero attached hydrogens (tertiary/aromatic N) is 6. The van der Waals surface area contributed by atoms with E-state index >= 15 is 0 Å². The molecule has 3 aromatic heterocycles. The molecule has 1 fully saturated rings. The highest BCUT2D eigenvalue weighted by Crippen LogP contribution is 2.29. The molecule has 0 N–H and O–H groups in total. The Labute approximate surface area is 183 Å². The third-order valence-electron chi connectivity index (χ3n) is 5.79. The minimum atomic E-state index is -0.454. The Kier molecular flexibility index (Phi) is 5.38. The standard InChI is InChI=1S/C23H22F2N6O/c1-15-6-4-5-10-30(15)23-18(25)13-26-22(27-23)20-12-21(19-9-11-32-29-19)31(28-20)14-16-7-2-3-8-17(16)24/h2-3,7-9,11-13,15H,4-6,10,14H2,1H3/t15-/m1/s1. The zero-order valence-corrected chi connectivity index (χ0v) is 17.6. The highest BCUT2D eigenvalue weighted by atomic mass is 19.1. The van der Waals surface area contributed by atoms with Crippen molar-refractivity contribution in [1.29, 1.82) is 0 Å². The van der Waals surface area contributed by atoms with E-state index in [1.807, 2.05) is 4.90 Å². The molecule has 1 aliphatic heterocycles. The summed E-state index contributed by atoms with van der Waals surface area (Å²) in [6.45, 7) is 3.01. The molecule has 9 heteroatoms. The zero-order valence-electron chi connectivity index (χ0n) is 17.6. The monoisotopic (exact) mass is 436 g/mol. The number of halogens is 2. The van der Waals surface area contributed by atoms with E-state index in [-0.39, 0.29) is 24.2 Å². The van der Waals surface area contributed by atoms with Crippen molar-refractivity contribution in [1.82, 2.24) is 24.9 Å². The minimum Gasteiger partial charge on any atom is -0.364 e. The Morgan fingerprint density at radius 2 is 1.97 bits per heavy atom. The second-order valence-electron chi connectivity index (χ2n) is 7.95. The van der Waals surface area contributed by atoms with Crippen LogP contribution in [0.1, 0.15) is 31.7 Å². The summed E-state index contributed by atoms with van der Waals surface area (Å²) in [6.07, 6.45) is 5.76. The fourth-order valence-corrected chi connectivity index (χ4v) is 4.08. The van der Waals surface area contributed by atoms with Gasteiger partial charge in [0.05, 0.1) is 18.4 Å². The van der Waals surface area contributed by atoms with Gasteiger partial charge in [-0.2, -0.15) is 5.10 Å². The van der Waals surface area contributed by atoms with Crippen LogP contribution in [0.4, 0.5) is 14.6 Å². The Hall–Kier alpha value is -3.62. The number of anilines is 1. The number of hydrogen-bond acceptors (Lipinski definition) is 6. The highest BCUT2D eigenvalue weighted by molar-refractivity contribution is 5.63. The largest absolute Gasteiger partial charge is 0.364 e. The molecule has 5 rings (SSSR count). The molecule has 0 saturated carbocycles. The van der Waals surface area contributed by atoms with Crippen molar-refractivity contribution in [2.75, 3.05) is 11.4 Å². The molecule has 0 unspecified atom stereocenters. The number of rotatable bonds is 5. The van der Waals surface area contributed by atoms with E-state index in [1.165, 1.54) is 18.5 Å². The fourth-order valence-electron chi connectivity index (χ4n) is 4.08. The number of hydrogen-bond donors (Lipinski definition) is 0. The lowest BCUT2D eigenvalue weighted by Crippen LogP contribution is -2.38. The van der Waals surface area contributed by atoms with Gasteiger partial charge in [0.1, 0.15) is 23.5 Å². The molecule has 1 aliphatic rings. The van der Waals surface area contributed by atoms with E-state index in [0.29, 0.717) is 28.5 Å². The van der Waals surface area contributed by atoms with Gasteiger partial charge in [-0.05, 0) is 38.3 Å². The average Bonchev–Trinajstić information content (AvgIpc) is 3.46. The van der Waals surface area contributed by atoms with Gasteiger partial charge in [-0.3, -0.25) is 4.68 Å². The van der Waals surface area contributed by atoms with Gasteiger partial charge < -0.3 is 9.42 Å². The molecule has 32 heavy (non-hydrogen) atoms. The lowest BCUT2D eigenvalue weighted by atomic mass is 10.0. The molecule has 4 aromatic rings. The molecular formula is C23H22F2N6O. The molecule has 1 saturated heterocycles. The lowest BCUT2D eigenvalue weighted by molar-refractivity contribution is 0.421. The predicted octanol–water partition coefficient (Wildman–Crippen LogP) is 4.70. The van der Waals surface area contributed by atoms with Gasteiger partial charge in [-0.1, -0.05) is 23.4 Å². The Bertz CT molecular complexity index is 1220. The molecular weight excluding hydrogens is 414 g/mol. The van der Waals surface area contributed by atoms with Gasteiger partial charge >= 0.3 is 0 Å². The quantitative estimate of drug-likeness (QED) is 0.452. The summed E-state index contributed by atoms with van der Waals surface area (Å²) < 4.78 is 35.5. The van der Waals surface area contributed by atoms with E-state index in [9.17, 15) is 8.78 Å². The maximum Gasteiger partial charge on any atom is 0.183 e.